The van der Waals surface area contributed by atoms with Crippen LogP contribution in [0.15, 0.2) is 29.0 Å². The summed E-state index contributed by atoms with van der Waals surface area (Å²) in [4.78, 5) is 15.2. The molecule has 0 aliphatic carbocycles. The van der Waals surface area contributed by atoms with Gasteiger partial charge in [0.1, 0.15) is 5.65 Å². The Hall–Kier alpha value is -1.01. The van der Waals surface area contributed by atoms with Crippen LogP contribution >= 0.6 is 27.7 Å². The minimum atomic E-state index is 0.0379. The Balaban J connectivity index is 1.77. The Morgan fingerprint density at radius 3 is 3.11 bits per heavy atom. The zero-order chi connectivity index (χ0) is 13.7. The number of nitrogens with one attached hydrogen (secondary N) is 1. The number of nitrogens with zero attached hydrogens (tertiary/aromatic N) is 2. The van der Waals surface area contributed by atoms with E-state index < -0.39 is 0 Å². The topological polar surface area (TPSA) is 46.4 Å². The fourth-order valence-electron chi connectivity index (χ4n) is 1.70. The van der Waals surface area contributed by atoms with Crippen molar-refractivity contribution < 1.29 is 4.79 Å². The van der Waals surface area contributed by atoms with Crippen LogP contribution in [0.5, 0.6) is 0 Å². The monoisotopic (exact) mass is 341 g/mol. The van der Waals surface area contributed by atoms with Crippen LogP contribution in [-0.4, -0.2) is 27.6 Å². The van der Waals surface area contributed by atoms with Gasteiger partial charge in [0.05, 0.1) is 5.69 Å². The lowest BCUT2D eigenvalue weighted by atomic mass is 10.5. The van der Waals surface area contributed by atoms with E-state index in [1.807, 2.05) is 34.5 Å². The Labute approximate surface area is 125 Å². The summed E-state index contributed by atoms with van der Waals surface area (Å²) in [5, 5.41) is 2.79. The quantitative estimate of drug-likeness (QED) is 0.821. The molecule has 1 amide bonds. The highest BCUT2D eigenvalue weighted by atomic mass is 79.9. The molecule has 0 unspecified atom stereocenters. The van der Waals surface area contributed by atoms with Crippen LogP contribution in [0.2, 0.25) is 0 Å². The van der Waals surface area contributed by atoms with Gasteiger partial charge in [-0.15, -0.1) is 0 Å². The van der Waals surface area contributed by atoms with Crippen molar-refractivity contribution >= 4 is 39.2 Å². The first kappa shape index (κ1) is 14.4. The summed E-state index contributed by atoms with van der Waals surface area (Å²) >= 11 is 5.28. The van der Waals surface area contributed by atoms with E-state index >= 15 is 0 Å². The van der Waals surface area contributed by atoms with Crippen molar-refractivity contribution in [3.8, 4) is 0 Å². The van der Waals surface area contributed by atoms with Gasteiger partial charge in [-0.3, -0.25) is 4.79 Å². The van der Waals surface area contributed by atoms with E-state index in [0.717, 1.165) is 40.3 Å². The van der Waals surface area contributed by atoms with E-state index in [4.69, 9.17) is 0 Å². The summed E-state index contributed by atoms with van der Waals surface area (Å²) in [6.45, 7) is 2.29. The summed E-state index contributed by atoms with van der Waals surface area (Å²) in [7, 11) is 0. The second-order valence-electron chi connectivity index (χ2n) is 4.23. The van der Waals surface area contributed by atoms with Gasteiger partial charge in [0.2, 0.25) is 5.91 Å². The fourth-order valence-corrected chi connectivity index (χ4v) is 2.90. The lowest BCUT2D eigenvalue weighted by molar-refractivity contribution is -0.118. The number of aromatic nitrogens is 2. The molecule has 0 bridgehead atoms. The minimum Gasteiger partial charge on any atom is -0.356 e. The van der Waals surface area contributed by atoms with E-state index in [9.17, 15) is 4.79 Å². The Morgan fingerprint density at radius 1 is 1.47 bits per heavy atom. The normalized spacial score (nSPS) is 10.8. The highest BCUT2D eigenvalue weighted by molar-refractivity contribution is 9.10. The number of halogens is 1. The summed E-state index contributed by atoms with van der Waals surface area (Å²) in [5.74, 6) is 1.97. The summed E-state index contributed by atoms with van der Waals surface area (Å²) in [6.07, 6.45) is 5.05. The van der Waals surface area contributed by atoms with Crippen molar-refractivity contribution in [1.29, 1.82) is 0 Å². The average molecular weight is 342 g/mol. The van der Waals surface area contributed by atoms with E-state index in [1.165, 1.54) is 0 Å². The highest BCUT2D eigenvalue weighted by Gasteiger charge is 2.02. The van der Waals surface area contributed by atoms with Gasteiger partial charge >= 0.3 is 0 Å². The number of thioether (sulfide) groups is 1. The second-order valence-corrected chi connectivity index (χ2v) is 6.25. The molecule has 4 nitrogen and oxygen atoms in total. The molecule has 0 saturated carbocycles. The number of carbonyl (C=O) groups excluding carboxylic acids is 1. The number of hydrogen-bond donors (Lipinski definition) is 1. The molecule has 6 heteroatoms. The molecule has 1 N–H and O–H groups in total. The molecular formula is C13H16BrN3OS. The standard InChI is InChI=1S/C13H16BrN3OS/c1-10(18)15-5-2-6-19-9-12-8-17-7-11(14)3-4-13(17)16-12/h3-4,7-8H,2,5-6,9H2,1H3,(H,15,18). The van der Waals surface area contributed by atoms with Crippen molar-refractivity contribution in [2.45, 2.75) is 19.1 Å². The summed E-state index contributed by atoms with van der Waals surface area (Å²) in [5.41, 5.74) is 2.06. The van der Waals surface area contributed by atoms with Crippen LogP contribution in [-0.2, 0) is 10.5 Å². The predicted octanol–water partition coefficient (Wildman–Crippen LogP) is 2.86. The van der Waals surface area contributed by atoms with Gasteiger partial charge in [0, 0.05) is 36.1 Å². The van der Waals surface area contributed by atoms with Gasteiger partial charge < -0.3 is 9.72 Å². The zero-order valence-corrected chi connectivity index (χ0v) is 13.1. The molecule has 0 aliphatic heterocycles. The number of fused-ring (bicyclic) bond motifs is 1. The SMILES string of the molecule is CC(=O)NCCCSCc1cn2cc(Br)ccc2n1. The summed E-state index contributed by atoms with van der Waals surface area (Å²) in [6, 6.07) is 3.99. The maximum Gasteiger partial charge on any atom is 0.216 e. The first-order chi connectivity index (χ1) is 9.15. The first-order valence-electron chi connectivity index (χ1n) is 6.10. The van der Waals surface area contributed by atoms with E-state index in [-0.39, 0.29) is 5.91 Å². The predicted molar refractivity (Wildman–Crippen MR) is 82.4 cm³/mol. The molecule has 19 heavy (non-hydrogen) atoms. The maximum absolute atomic E-state index is 10.7. The van der Waals surface area contributed by atoms with Gasteiger partial charge in [-0.2, -0.15) is 11.8 Å². The summed E-state index contributed by atoms with van der Waals surface area (Å²) < 4.78 is 3.07. The fraction of sp³-hybridized carbons (Fsp3) is 0.385. The molecule has 2 aromatic heterocycles. The minimum absolute atomic E-state index is 0.0379. The molecule has 102 valence electrons. The lowest BCUT2D eigenvalue weighted by Gasteiger charge is -2.01. The van der Waals surface area contributed by atoms with Crippen molar-refractivity contribution in [3.63, 3.8) is 0 Å². The van der Waals surface area contributed by atoms with Gasteiger partial charge in [-0.25, -0.2) is 4.98 Å². The largest absolute Gasteiger partial charge is 0.356 e. The van der Waals surface area contributed by atoms with Crippen molar-refractivity contribution in [2.75, 3.05) is 12.3 Å². The van der Waals surface area contributed by atoms with Crippen LogP contribution in [0, 0.1) is 0 Å². The van der Waals surface area contributed by atoms with E-state index in [2.05, 4.69) is 32.4 Å². The molecule has 2 rings (SSSR count). The lowest BCUT2D eigenvalue weighted by Crippen LogP contribution is -2.21. The average Bonchev–Trinajstić information content (AvgIpc) is 2.75. The van der Waals surface area contributed by atoms with Gasteiger partial charge in [-0.05, 0) is 40.2 Å². The van der Waals surface area contributed by atoms with E-state index in [1.54, 1.807) is 6.92 Å². The molecule has 0 atom stereocenters. The number of rotatable bonds is 6. The molecule has 0 aliphatic rings. The molecule has 0 aromatic carbocycles. The van der Waals surface area contributed by atoms with E-state index in [0.29, 0.717) is 0 Å². The second kappa shape index (κ2) is 6.96. The number of hydrogen-bond acceptors (Lipinski definition) is 3. The third-order valence-corrected chi connectivity index (χ3v) is 4.10. The van der Waals surface area contributed by atoms with Crippen LogP contribution in [0.4, 0.5) is 0 Å². The van der Waals surface area contributed by atoms with Crippen LogP contribution in [0.25, 0.3) is 5.65 Å². The first-order valence-corrected chi connectivity index (χ1v) is 8.05. The van der Waals surface area contributed by atoms with Gasteiger partial charge in [-0.1, -0.05) is 0 Å². The van der Waals surface area contributed by atoms with Crippen LogP contribution in [0.1, 0.15) is 19.0 Å². The zero-order valence-electron chi connectivity index (χ0n) is 10.7. The molecule has 0 fully saturated rings. The van der Waals surface area contributed by atoms with Crippen molar-refractivity contribution in [3.05, 3.63) is 34.7 Å². The number of amides is 1. The number of imidazole rings is 1. The molecule has 0 saturated heterocycles. The Kier molecular flexibility index (Phi) is 5.27. The smallest absolute Gasteiger partial charge is 0.216 e. The molecule has 2 aromatic rings. The maximum atomic E-state index is 10.7. The Bertz CT molecular complexity index is 570. The molecule has 0 radical (unpaired) electrons. The Morgan fingerprint density at radius 2 is 2.32 bits per heavy atom. The molecular weight excluding hydrogens is 326 g/mol. The number of carbonyl (C=O) groups is 1. The van der Waals surface area contributed by atoms with Crippen LogP contribution in [0.3, 0.4) is 0 Å². The third-order valence-electron chi connectivity index (χ3n) is 2.55. The molecule has 0 spiro atoms. The van der Waals surface area contributed by atoms with Gasteiger partial charge in [0.15, 0.2) is 0 Å². The highest BCUT2D eigenvalue weighted by Crippen LogP contribution is 2.16. The number of pyridine rings is 1. The van der Waals surface area contributed by atoms with Gasteiger partial charge in [0.25, 0.3) is 0 Å². The third kappa shape index (κ3) is 4.54. The van der Waals surface area contributed by atoms with Crippen molar-refractivity contribution in [2.24, 2.45) is 0 Å². The van der Waals surface area contributed by atoms with Crippen molar-refractivity contribution in [1.82, 2.24) is 14.7 Å². The molecule has 2 heterocycles. The van der Waals surface area contributed by atoms with Crippen LogP contribution < -0.4 is 5.32 Å².